The summed E-state index contributed by atoms with van der Waals surface area (Å²) < 4.78 is 22.2. The van der Waals surface area contributed by atoms with E-state index in [9.17, 15) is 13.2 Å². The molecule has 1 N–H and O–H groups in total. The number of carbonyl (C=O) groups excluding carboxylic acids is 1. The van der Waals surface area contributed by atoms with Gasteiger partial charge in [0.1, 0.15) is 9.84 Å². The third-order valence-electron chi connectivity index (χ3n) is 3.86. The monoisotopic (exact) mass is 326 g/mol. The Hall–Kier alpha value is -0.330. The SMILES string of the molecule is CC(CC(=O)N(C)CCS(C)(=O)=O)C1CCCNC1.Cl. The topological polar surface area (TPSA) is 66.5 Å². The Balaban J connectivity index is 0.00000361. The van der Waals surface area contributed by atoms with Gasteiger partial charge in [0, 0.05) is 26.3 Å². The number of piperidine rings is 1. The van der Waals surface area contributed by atoms with Gasteiger partial charge in [0.05, 0.1) is 5.75 Å². The van der Waals surface area contributed by atoms with Crippen LogP contribution in [-0.2, 0) is 14.6 Å². The molecule has 5 nitrogen and oxygen atoms in total. The molecule has 1 heterocycles. The van der Waals surface area contributed by atoms with Crippen molar-refractivity contribution in [2.75, 3.05) is 38.7 Å². The van der Waals surface area contributed by atoms with Crippen LogP contribution in [0, 0.1) is 11.8 Å². The summed E-state index contributed by atoms with van der Waals surface area (Å²) in [6.07, 6.45) is 4.05. The molecule has 0 aliphatic carbocycles. The molecule has 1 aliphatic heterocycles. The number of sulfone groups is 1. The van der Waals surface area contributed by atoms with Crippen molar-refractivity contribution in [3.8, 4) is 0 Å². The van der Waals surface area contributed by atoms with Crippen LogP contribution in [-0.4, -0.2) is 57.9 Å². The van der Waals surface area contributed by atoms with Crippen molar-refractivity contribution < 1.29 is 13.2 Å². The highest BCUT2D eigenvalue weighted by molar-refractivity contribution is 7.90. The van der Waals surface area contributed by atoms with Gasteiger partial charge in [0.2, 0.25) is 5.91 Å². The molecule has 0 saturated carbocycles. The Labute approximate surface area is 128 Å². The van der Waals surface area contributed by atoms with E-state index >= 15 is 0 Å². The zero-order chi connectivity index (χ0) is 14.5. The van der Waals surface area contributed by atoms with E-state index in [4.69, 9.17) is 0 Å². The zero-order valence-electron chi connectivity index (χ0n) is 12.6. The third-order valence-corrected chi connectivity index (χ3v) is 4.78. The van der Waals surface area contributed by atoms with Crippen LogP contribution < -0.4 is 5.32 Å². The van der Waals surface area contributed by atoms with E-state index in [0.717, 1.165) is 13.1 Å². The lowest BCUT2D eigenvalue weighted by Crippen LogP contribution is -2.37. The van der Waals surface area contributed by atoms with Crippen molar-refractivity contribution in [1.29, 1.82) is 0 Å². The molecule has 1 saturated heterocycles. The van der Waals surface area contributed by atoms with Crippen molar-refractivity contribution in [2.45, 2.75) is 26.2 Å². The van der Waals surface area contributed by atoms with Gasteiger partial charge >= 0.3 is 0 Å². The summed E-state index contributed by atoms with van der Waals surface area (Å²) in [7, 11) is -1.33. The van der Waals surface area contributed by atoms with Gasteiger partial charge in [-0.05, 0) is 37.8 Å². The zero-order valence-corrected chi connectivity index (χ0v) is 14.2. The van der Waals surface area contributed by atoms with Crippen LogP contribution in [0.15, 0.2) is 0 Å². The van der Waals surface area contributed by atoms with Crippen molar-refractivity contribution in [1.82, 2.24) is 10.2 Å². The number of carbonyl (C=O) groups is 1. The predicted octanol–water partition coefficient (Wildman–Crippen LogP) is 0.937. The first-order valence-corrected chi connectivity index (χ1v) is 8.98. The average molecular weight is 327 g/mol. The van der Waals surface area contributed by atoms with Crippen molar-refractivity contribution in [2.24, 2.45) is 11.8 Å². The Kier molecular flexibility index (Phi) is 8.70. The Morgan fingerprint density at radius 1 is 1.45 bits per heavy atom. The molecule has 20 heavy (non-hydrogen) atoms. The van der Waals surface area contributed by atoms with Gasteiger partial charge in [-0.1, -0.05) is 6.92 Å². The van der Waals surface area contributed by atoms with Crippen molar-refractivity contribution in [3.05, 3.63) is 0 Å². The predicted molar refractivity (Wildman–Crippen MR) is 84.0 cm³/mol. The maximum Gasteiger partial charge on any atom is 0.222 e. The normalized spacial score (nSPS) is 20.9. The fraction of sp³-hybridized carbons (Fsp3) is 0.923. The van der Waals surface area contributed by atoms with E-state index in [1.165, 1.54) is 24.0 Å². The maximum atomic E-state index is 12.0. The summed E-state index contributed by atoms with van der Waals surface area (Å²) in [4.78, 5) is 13.6. The first kappa shape index (κ1) is 19.7. The minimum atomic E-state index is -3.01. The molecule has 0 aromatic heterocycles. The molecule has 120 valence electrons. The average Bonchev–Trinajstić information content (AvgIpc) is 2.36. The minimum absolute atomic E-state index is 0. The smallest absolute Gasteiger partial charge is 0.222 e. The second kappa shape index (κ2) is 8.85. The summed E-state index contributed by atoms with van der Waals surface area (Å²) in [5.74, 6) is 0.984. The summed E-state index contributed by atoms with van der Waals surface area (Å²) >= 11 is 0. The molecule has 1 rings (SSSR count). The van der Waals surface area contributed by atoms with Gasteiger partial charge in [0.15, 0.2) is 0 Å². The molecule has 0 spiro atoms. The number of hydrogen-bond acceptors (Lipinski definition) is 4. The molecular formula is C13H27ClN2O3S. The fourth-order valence-corrected chi connectivity index (χ4v) is 3.00. The first-order chi connectivity index (χ1) is 8.79. The Bertz CT molecular complexity index is 394. The van der Waals surface area contributed by atoms with Crippen molar-refractivity contribution >= 4 is 28.2 Å². The number of hydrogen-bond donors (Lipinski definition) is 1. The highest BCUT2D eigenvalue weighted by Gasteiger charge is 2.23. The fourth-order valence-electron chi connectivity index (χ4n) is 2.39. The summed E-state index contributed by atoms with van der Waals surface area (Å²) in [6, 6.07) is 0. The number of amides is 1. The minimum Gasteiger partial charge on any atom is -0.345 e. The van der Waals surface area contributed by atoms with Crippen LogP contribution in [0.5, 0.6) is 0 Å². The molecule has 1 aliphatic rings. The van der Waals surface area contributed by atoms with Gasteiger partial charge in [-0.3, -0.25) is 4.79 Å². The van der Waals surface area contributed by atoms with E-state index in [2.05, 4.69) is 12.2 Å². The van der Waals surface area contributed by atoms with E-state index in [-0.39, 0.29) is 30.6 Å². The molecule has 0 aromatic rings. The lowest BCUT2D eigenvalue weighted by atomic mass is 9.85. The van der Waals surface area contributed by atoms with Crippen LogP contribution >= 0.6 is 12.4 Å². The first-order valence-electron chi connectivity index (χ1n) is 6.92. The summed E-state index contributed by atoms with van der Waals surface area (Å²) in [5, 5.41) is 3.36. The van der Waals surface area contributed by atoms with Gasteiger partial charge < -0.3 is 10.2 Å². The number of halogens is 1. The Morgan fingerprint density at radius 3 is 2.60 bits per heavy atom. The van der Waals surface area contributed by atoms with Crippen LogP contribution in [0.4, 0.5) is 0 Å². The summed E-state index contributed by atoms with van der Waals surface area (Å²) in [5.41, 5.74) is 0. The molecule has 0 radical (unpaired) electrons. The van der Waals surface area contributed by atoms with Gasteiger partial charge in [0.25, 0.3) is 0 Å². The second-order valence-corrected chi connectivity index (χ2v) is 7.99. The lowest BCUT2D eigenvalue weighted by molar-refractivity contribution is -0.131. The lowest BCUT2D eigenvalue weighted by Gasteiger charge is -2.29. The molecular weight excluding hydrogens is 300 g/mol. The van der Waals surface area contributed by atoms with Crippen LogP contribution in [0.1, 0.15) is 26.2 Å². The largest absolute Gasteiger partial charge is 0.345 e. The molecule has 1 fully saturated rings. The molecule has 7 heteroatoms. The highest BCUT2D eigenvalue weighted by Crippen LogP contribution is 2.22. The number of nitrogens with one attached hydrogen (secondary N) is 1. The Morgan fingerprint density at radius 2 is 2.10 bits per heavy atom. The van der Waals surface area contributed by atoms with Crippen LogP contribution in [0.3, 0.4) is 0 Å². The molecule has 2 unspecified atom stereocenters. The van der Waals surface area contributed by atoms with E-state index < -0.39 is 9.84 Å². The molecule has 1 amide bonds. The highest BCUT2D eigenvalue weighted by atomic mass is 35.5. The quantitative estimate of drug-likeness (QED) is 0.789. The van der Waals surface area contributed by atoms with Crippen molar-refractivity contribution in [3.63, 3.8) is 0 Å². The number of rotatable bonds is 6. The van der Waals surface area contributed by atoms with Gasteiger partial charge in [-0.2, -0.15) is 0 Å². The van der Waals surface area contributed by atoms with E-state index in [1.807, 2.05) is 0 Å². The molecule has 0 bridgehead atoms. The number of nitrogens with zero attached hydrogens (tertiary/aromatic N) is 1. The van der Waals surface area contributed by atoms with E-state index in [1.54, 1.807) is 7.05 Å². The van der Waals surface area contributed by atoms with Crippen LogP contribution in [0.25, 0.3) is 0 Å². The van der Waals surface area contributed by atoms with E-state index in [0.29, 0.717) is 18.3 Å². The van der Waals surface area contributed by atoms with Gasteiger partial charge in [-0.15, -0.1) is 12.4 Å². The van der Waals surface area contributed by atoms with Crippen LogP contribution in [0.2, 0.25) is 0 Å². The second-order valence-electron chi connectivity index (χ2n) is 5.73. The third kappa shape index (κ3) is 7.45. The molecule has 0 aromatic carbocycles. The summed E-state index contributed by atoms with van der Waals surface area (Å²) in [6.45, 7) is 4.46. The standard InChI is InChI=1S/C13H26N2O3S.ClH/c1-11(12-5-4-6-14-10-12)9-13(16)15(2)7-8-19(3,17)18;/h11-12,14H,4-10H2,1-3H3;1H. The molecule has 2 atom stereocenters. The maximum absolute atomic E-state index is 12.0. The van der Waals surface area contributed by atoms with Gasteiger partial charge in [-0.25, -0.2) is 8.42 Å².